The molecule has 0 radical (unpaired) electrons. The second-order valence-electron chi connectivity index (χ2n) is 6.87. The molecule has 0 bridgehead atoms. The second kappa shape index (κ2) is 6.91. The summed E-state index contributed by atoms with van der Waals surface area (Å²) >= 11 is 0. The molecule has 2 aliphatic rings. The van der Waals surface area contributed by atoms with Crippen LogP contribution in [0.1, 0.15) is 58.8 Å². The molecule has 1 unspecified atom stereocenters. The smallest absolute Gasteiger partial charge is 0.0468 e. The van der Waals surface area contributed by atoms with E-state index in [1.54, 1.807) is 0 Å². The largest absolute Gasteiger partial charge is 0.381 e. The summed E-state index contributed by atoms with van der Waals surface area (Å²) in [4.78, 5) is 0. The van der Waals surface area contributed by atoms with Gasteiger partial charge in [-0.2, -0.15) is 0 Å². The third kappa shape index (κ3) is 3.96. The zero-order chi connectivity index (χ0) is 13.0. The predicted octanol–water partition coefficient (Wildman–Crippen LogP) is 3.59. The molecule has 1 saturated carbocycles. The SMILES string of the molecule is CC(C)C1CCC(C(N)CC2CCOCC2)CC1. The Bertz CT molecular complexity index is 227. The lowest BCUT2D eigenvalue weighted by molar-refractivity contribution is 0.0578. The van der Waals surface area contributed by atoms with Crippen molar-refractivity contribution in [3.8, 4) is 0 Å². The van der Waals surface area contributed by atoms with Gasteiger partial charge < -0.3 is 10.5 Å². The van der Waals surface area contributed by atoms with Crippen molar-refractivity contribution in [3.05, 3.63) is 0 Å². The van der Waals surface area contributed by atoms with E-state index in [1.165, 1.54) is 44.9 Å². The summed E-state index contributed by atoms with van der Waals surface area (Å²) in [7, 11) is 0. The maximum absolute atomic E-state index is 6.46. The van der Waals surface area contributed by atoms with Crippen LogP contribution in [0.15, 0.2) is 0 Å². The van der Waals surface area contributed by atoms with Crippen LogP contribution in [-0.4, -0.2) is 19.3 Å². The summed E-state index contributed by atoms with van der Waals surface area (Å²) in [6, 6.07) is 0.446. The number of rotatable bonds is 4. The quantitative estimate of drug-likeness (QED) is 0.831. The van der Waals surface area contributed by atoms with Crippen LogP contribution in [0.5, 0.6) is 0 Å². The van der Waals surface area contributed by atoms with Crippen molar-refractivity contribution in [2.75, 3.05) is 13.2 Å². The Kier molecular flexibility index (Phi) is 5.50. The van der Waals surface area contributed by atoms with Gasteiger partial charge in [0.15, 0.2) is 0 Å². The third-order valence-corrected chi connectivity index (χ3v) is 5.31. The van der Waals surface area contributed by atoms with Crippen LogP contribution in [0.25, 0.3) is 0 Å². The maximum Gasteiger partial charge on any atom is 0.0468 e. The first-order valence-electron chi connectivity index (χ1n) is 8.00. The molecule has 1 saturated heterocycles. The first-order valence-corrected chi connectivity index (χ1v) is 8.00. The van der Waals surface area contributed by atoms with E-state index < -0.39 is 0 Å². The minimum Gasteiger partial charge on any atom is -0.381 e. The Labute approximate surface area is 113 Å². The highest BCUT2D eigenvalue weighted by Gasteiger charge is 2.28. The molecular formula is C16H31NO. The van der Waals surface area contributed by atoms with Gasteiger partial charge in [0, 0.05) is 19.3 Å². The van der Waals surface area contributed by atoms with Crippen LogP contribution in [0.4, 0.5) is 0 Å². The van der Waals surface area contributed by atoms with E-state index in [2.05, 4.69) is 13.8 Å². The van der Waals surface area contributed by atoms with Gasteiger partial charge in [-0.3, -0.25) is 0 Å². The molecule has 1 aliphatic carbocycles. The Balaban J connectivity index is 1.71. The van der Waals surface area contributed by atoms with Crippen molar-refractivity contribution < 1.29 is 4.74 Å². The lowest BCUT2D eigenvalue weighted by atomic mass is 9.73. The number of nitrogens with two attached hydrogens (primary N) is 1. The molecule has 2 N–H and O–H groups in total. The van der Waals surface area contributed by atoms with Crippen LogP contribution in [0.2, 0.25) is 0 Å². The fraction of sp³-hybridized carbons (Fsp3) is 1.00. The van der Waals surface area contributed by atoms with Gasteiger partial charge >= 0.3 is 0 Å². The fourth-order valence-corrected chi connectivity index (χ4v) is 3.80. The summed E-state index contributed by atoms with van der Waals surface area (Å²) < 4.78 is 5.43. The Morgan fingerprint density at radius 3 is 2.06 bits per heavy atom. The van der Waals surface area contributed by atoms with Gasteiger partial charge in [0.1, 0.15) is 0 Å². The van der Waals surface area contributed by atoms with Gasteiger partial charge in [-0.15, -0.1) is 0 Å². The molecule has 2 nitrogen and oxygen atoms in total. The highest BCUT2D eigenvalue weighted by atomic mass is 16.5. The lowest BCUT2D eigenvalue weighted by Crippen LogP contribution is -2.36. The minimum atomic E-state index is 0.446. The van der Waals surface area contributed by atoms with Gasteiger partial charge in [0.05, 0.1) is 0 Å². The molecule has 2 rings (SSSR count). The standard InChI is InChI=1S/C16H31NO/c1-12(2)14-3-5-15(6-4-14)16(17)11-13-7-9-18-10-8-13/h12-16H,3-11,17H2,1-2H3. The van der Waals surface area contributed by atoms with Crippen LogP contribution in [0.3, 0.4) is 0 Å². The molecule has 106 valence electrons. The van der Waals surface area contributed by atoms with Crippen LogP contribution < -0.4 is 5.73 Å². The van der Waals surface area contributed by atoms with Gasteiger partial charge in [-0.05, 0) is 68.6 Å². The summed E-state index contributed by atoms with van der Waals surface area (Å²) in [5.74, 6) is 3.44. The molecule has 0 aromatic heterocycles. The van der Waals surface area contributed by atoms with Crippen molar-refractivity contribution in [1.82, 2.24) is 0 Å². The first-order chi connectivity index (χ1) is 8.66. The zero-order valence-electron chi connectivity index (χ0n) is 12.2. The van der Waals surface area contributed by atoms with Gasteiger partial charge in [-0.25, -0.2) is 0 Å². The fourth-order valence-electron chi connectivity index (χ4n) is 3.80. The summed E-state index contributed by atoms with van der Waals surface area (Å²) in [6.07, 6.45) is 9.25. The highest BCUT2D eigenvalue weighted by Crippen LogP contribution is 2.36. The Morgan fingerprint density at radius 1 is 0.944 bits per heavy atom. The van der Waals surface area contributed by atoms with Crippen molar-refractivity contribution in [1.29, 1.82) is 0 Å². The van der Waals surface area contributed by atoms with E-state index in [9.17, 15) is 0 Å². The predicted molar refractivity (Wildman–Crippen MR) is 76.4 cm³/mol. The van der Waals surface area contributed by atoms with Gasteiger partial charge in [-0.1, -0.05) is 13.8 Å². The van der Waals surface area contributed by atoms with Crippen LogP contribution in [-0.2, 0) is 4.74 Å². The van der Waals surface area contributed by atoms with E-state index in [-0.39, 0.29) is 0 Å². The first kappa shape index (κ1) is 14.3. The average Bonchev–Trinajstić information content (AvgIpc) is 2.40. The summed E-state index contributed by atoms with van der Waals surface area (Å²) in [5.41, 5.74) is 6.46. The Hall–Kier alpha value is -0.0800. The molecule has 2 fully saturated rings. The van der Waals surface area contributed by atoms with Crippen molar-refractivity contribution >= 4 is 0 Å². The molecule has 0 aromatic carbocycles. The molecule has 1 heterocycles. The van der Waals surface area contributed by atoms with Crippen molar-refractivity contribution in [2.24, 2.45) is 29.4 Å². The molecule has 2 heteroatoms. The van der Waals surface area contributed by atoms with E-state index in [0.29, 0.717) is 6.04 Å². The normalized spacial score (nSPS) is 32.7. The second-order valence-corrected chi connectivity index (χ2v) is 6.87. The molecule has 0 aromatic rings. The number of hydrogen-bond acceptors (Lipinski definition) is 2. The Morgan fingerprint density at radius 2 is 1.50 bits per heavy atom. The average molecular weight is 253 g/mol. The van der Waals surface area contributed by atoms with Crippen molar-refractivity contribution in [2.45, 2.75) is 64.8 Å². The van der Waals surface area contributed by atoms with Gasteiger partial charge in [0.2, 0.25) is 0 Å². The van der Waals surface area contributed by atoms with Crippen molar-refractivity contribution in [3.63, 3.8) is 0 Å². The van der Waals surface area contributed by atoms with E-state index in [4.69, 9.17) is 10.5 Å². The third-order valence-electron chi connectivity index (χ3n) is 5.31. The maximum atomic E-state index is 6.46. The molecule has 1 atom stereocenters. The topological polar surface area (TPSA) is 35.2 Å². The zero-order valence-corrected chi connectivity index (χ0v) is 12.2. The molecule has 18 heavy (non-hydrogen) atoms. The molecule has 0 spiro atoms. The van der Waals surface area contributed by atoms with Gasteiger partial charge in [0.25, 0.3) is 0 Å². The lowest BCUT2D eigenvalue weighted by Gasteiger charge is -2.35. The van der Waals surface area contributed by atoms with Crippen LogP contribution >= 0.6 is 0 Å². The van der Waals surface area contributed by atoms with Crippen LogP contribution in [0, 0.1) is 23.7 Å². The monoisotopic (exact) mass is 253 g/mol. The molecular weight excluding hydrogens is 222 g/mol. The number of hydrogen-bond donors (Lipinski definition) is 1. The highest BCUT2D eigenvalue weighted by molar-refractivity contribution is 4.83. The van der Waals surface area contributed by atoms with E-state index in [0.717, 1.165) is 36.9 Å². The summed E-state index contributed by atoms with van der Waals surface area (Å²) in [5, 5.41) is 0. The minimum absolute atomic E-state index is 0.446. The van der Waals surface area contributed by atoms with E-state index >= 15 is 0 Å². The summed E-state index contributed by atoms with van der Waals surface area (Å²) in [6.45, 7) is 6.65. The number of ether oxygens (including phenoxy) is 1. The molecule has 1 aliphatic heterocycles. The molecule has 0 amide bonds. The van der Waals surface area contributed by atoms with E-state index in [1.807, 2.05) is 0 Å².